The SMILES string of the molecule is CCNc1ccc(Br)cc(C(=O)C=Cc2ccc(F)cc2)c1=O. The van der Waals surface area contributed by atoms with Gasteiger partial charge in [-0.1, -0.05) is 34.1 Å². The Kier molecular flexibility index (Phi) is 5.82. The highest BCUT2D eigenvalue weighted by Crippen LogP contribution is 2.13. The molecule has 118 valence electrons. The number of hydrogen-bond donors (Lipinski definition) is 1. The Balaban J connectivity index is 2.37. The van der Waals surface area contributed by atoms with Crippen molar-refractivity contribution in [3.05, 3.63) is 80.2 Å². The van der Waals surface area contributed by atoms with E-state index in [1.54, 1.807) is 30.3 Å². The first-order valence-electron chi connectivity index (χ1n) is 7.07. The van der Waals surface area contributed by atoms with Crippen molar-refractivity contribution in [2.45, 2.75) is 6.92 Å². The molecule has 0 fully saturated rings. The average molecular weight is 376 g/mol. The van der Waals surface area contributed by atoms with E-state index in [4.69, 9.17) is 0 Å². The van der Waals surface area contributed by atoms with Gasteiger partial charge in [0.15, 0.2) is 5.78 Å². The van der Waals surface area contributed by atoms with E-state index in [1.807, 2.05) is 6.92 Å². The average Bonchev–Trinajstić information content (AvgIpc) is 2.68. The summed E-state index contributed by atoms with van der Waals surface area (Å²) in [7, 11) is 0. The maximum absolute atomic E-state index is 12.9. The van der Waals surface area contributed by atoms with Crippen LogP contribution in [-0.2, 0) is 0 Å². The van der Waals surface area contributed by atoms with Gasteiger partial charge in [-0.15, -0.1) is 0 Å². The van der Waals surface area contributed by atoms with Crippen LogP contribution in [0.3, 0.4) is 0 Å². The van der Waals surface area contributed by atoms with Crippen LogP contribution in [0.2, 0.25) is 0 Å². The molecule has 0 aliphatic carbocycles. The minimum Gasteiger partial charge on any atom is -0.382 e. The fourth-order valence-corrected chi connectivity index (χ4v) is 2.34. The molecule has 0 bridgehead atoms. The number of carbonyl (C=O) groups excluding carboxylic acids is 1. The normalized spacial score (nSPS) is 10.7. The minimum absolute atomic E-state index is 0.0659. The zero-order valence-corrected chi connectivity index (χ0v) is 14.1. The molecule has 2 aromatic carbocycles. The van der Waals surface area contributed by atoms with E-state index in [9.17, 15) is 14.0 Å². The highest BCUT2D eigenvalue weighted by atomic mass is 79.9. The summed E-state index contributed by atoms with van der Waals surface area (Å²) in [6.07, 6.45) is 2.86. The van der Waals surface area contributed by atoms with Crippen molar-refractivity contribution in [2.75, 3.05) is 11.9 Å². The van der Waals surface area contributed by atoms with Gasteiger partial charge in [-0.2, -0.15) is 0 Å². The second kappa shape index (κ2) is 7.83. The molecule has 0 radical (unpaired) electrons. The molecule has 0 spiro atoms. The van der Waals surface area contributed by atoms with Crippen molar-refractivity contribution in [1.29, 1.82) is 0 Å². The molecule has 0 unspecified atom stereocenters. The lowest BCUT2D eigenvalue weighted by atomic mass is 10.1. The summed E-state index contributed by atoms with van der Waals surface area (Å²) < 4.78 is 13.5. The van der Waals surface area contributed by atoms with Gasteiger partial charge in [0, 0.05) is 11.0 Å². The third kappa shape index (κ3) is 4.60. The third-order valence-corrected chi connectivity index (χ3v) is 3.60. The molecule has 2 aromatic rings. The lowest BCUT2D eigenvalue weighted by Crippen LogP contribution is -2.15. The quantitative estimate of drug-likeness (QED) is 0.626. The number of halogens is 2. The molecule has 0 saturated carbocycles. The largest absolute Gasteiger partial charge is 0.382 e. The van der Waals surface area contributed by atoms with Crippen LogP contribution in [0.15, 0.2) is 57.8 Å². The first kappa shape index (κ1) is 17.1. The number of rotatable bonds is 5. The first-order chi connectivity index (χ1) is 11.0. The zero-order chi connectivity index (χ0) is 16.8. The lowest BCUT2D eigenvalue weighted by Gasteiger charge is -1.99. The van der Waals surface area contributed by atoms with Gasteiger partial charge >= 0.3 is 0 Å². The van der Waals surface area contributed by atoms with E-state index in [2.05, 4.69) is 21.2 Å². The van der Waals surface area contributed by atoms with E-state index in [1.165, 1.54) is 24.3 Å². The fraction of sp³-hybridized carbons (Fsp3) is 0.111. The van der Waals surface area contributed by atoms with Crippen LogP contribution < -0.4 is 10.7 Å². The van der Waals surface area contributed by atoms with Gasteiger partial charge in [-0.05, 0) is 48.9 Å². The molecule has 0 saturated heterocycles. The van der Waals surface area contributed by atoms with Crippen LogP contribution in [0.25, 0.3) is 6.08 Å². The molecule has 2 rings (SSSR count). The maximum atomic E-state index is 12.9. The standard InChI is InChI=1S/C18H15BrFNO2/c1-2-21-16-9-6-13(19)11-15(18(16)23)17(22)10-5-12-3-7-14(20)8-4-12/h3-11H,2H2,1H3,(H,21,23). The van der Waals surface area contributed by atoms with E-state index in [0.29, 0.717) is 22.3 Å². The van der Waals surface area contributed by atoms with Crippen LogP contribution in [0, 0.1) is 5.82 Å². The zero-order valence-electron chi connectivity index (χ0n) is 12.5. The summed E-state index contributed by atoms with van der Waals surface area (Å²) in [4.78, 5) is 24.8. The van der Waals surface area contributed by atoms with E-state index in [-0.39, 0.29) is 16.8 Å². The monoisotopic (exact) mass is 375 g/mol. The summed E-state index contributed by atoms with van der Waals surface area (Å²) in [6, 6.07) is 10.6. The van der Waals surface area contributed by atoms with E-state index < -0.39 is 5.78 Å². The van der Waals surface area contributed by atoms with Gasteiger partial charge in [-0.25, -0.2) is 4.39 Å². The molecule has 0 heterocycles. The van der Waals surface area contributed by atoms with Crippen molar-refractivity contribution >= 4 is 33.5 Å². The predicted octanol–water partition coefficient (Wildman–Crippen LogP) is 4.28. The van der Waals surface area contributed by atoms with Crippen LogP contribution in [0.4, 0.5) is 10.1 Å². The Bertz CT molecular complexity index is 801. The van der Waals surface area contributed by atoms with Crippen molar-refractivity contribution in [2.24, 2.45) is 0 Å². The Morgan fingerprint density at radius 3 is 2.57 bits per heavy atom. The maximum Gasteiger partial charge on any atom is 0.212 e. The highest BCUT2D eigenvalue weighted by molar-refractivity contribution is 9.10. The summed E-state index contributed by atoms with van der Waals surface area (Å²) >= 11 is 3.30. The van der Waals surface area contributed by atoms with Crippen LogP contribution in [-0.4, -0.2) is 12.3 Å². The smallest absolute Gasteiger partial charge is 0.212 e. The summed E-state index contributed by atoms with van der Waals surface area (Å²) in [6.45, 7) is 2.45. The Morgan fingerprint density at radius 2 is 1.91 bits per heavy atom. The molecule has 1 N–H and O–H groups in total. The molecule has 0 atom stereocenters. The second-order valence-corrected chi connectivity index (χ2v) is 5.71. The van der Waals surface area contributed by atoms with Crippen molar-refractivity contribution < 1.29 is 9.18 Å². The van der Waals surface area contributed by atoms with Crippen LogP contribution in [0.1, 0.15) is 22.8 Å². The van der Waals surface area contributed by atoms with Gasteiger partial charge in [-0.3, -0.25) is 9.59 Å². The molecule has 23 heavy (non-hydrogen) atoms. The van der Waals surface area contributed by atoms with E-state index >= 15 is 0 Å². The van der Waals surface area contributed by atoms with E-state index in [0.717, 1.165) is 0 Å². The molecular weight excluding hydrogens is 361 g/mol. The number of anilines is 1. The topological polar surface area (TPSA) is 46.2 Å². The summed E-state index contributed by atoms with van der Waals surface area (Å²) in [5.41, 5.74) is 0.762. The molecule has 3 nitrogen and oxygen atoms in total. The first-order valence-corrected chi connectivity index (χ1v) is 7.86. The van der Waals surface area contributed by atoms with Gasteiger partial charge in [0.05, 0.1) is 11.3 Å². The summed E-state index contributed by atoms with van der Waals surface area (Å²) in [5, 5.41) is 2.95. The fourth-order valence-electron chi connectivity index (χ4n) is 1.98. The number of ketones is 1. The van der Waals surface area contributed by atoms with Crippen LogP contribution >= 0.6 is 15.9 Å². The number of benzene rings is 1. The van der Waals surface area contributed by atoms with Crippen molar-refractivity contribution in [3.8, 4) is 0 Å². The Labute approximate surface area is 142 Å². The highest BCUT2D eigenvalue weighted by Gasteiger charge is 2.10. The number of allylic oxidation sites excluding steroid dienone is 1. The third-order valence-electron chi connectivity index (χ3n) is 3.11. The molecule has 0 aliphatic rings. The minimum atomic E-state index is -0.407. The Morgan fingerprint density at radius 1 is 1.22 bits per heavy atom. The lowest BCUT2D eigenvalue weighted by molar-refractivity contribution is 0.104. The van der Waals surface area contributed by atoms with Crippen molar-refractivity contribution in [1.82, 2.24) is 0 Å². The molecular formula is C18H15BrFNO2. The molecule has 5 heteroatoms. The molecule has 0 aliphatic heterocycles. The summed E-state index contributed by atoms with van der Waals surface area (Å²) in [5.74, 6) is -0.750. The van der Waals surface area contributed by atoms with Gasteiger partial charge in [0.2, 0.25) is 5.43 Å². The number of nitrogens with one attached hydrogen (secondary N) is 1. The number of carbonyl (C=O) groups is 1. The van der Waals surface area contributed by atoms with Crippen LogP contribution in [0.5, 0.6) is 0 Å². The predicted molar refractivity (Wildman–Crippen MR) is 94.3 cm³/mol. The number of hydrogen-bond acceptors (Lipinski definition) is 3. The van der Waals surface area contributed by atoms with Gasteiger partial charge in [0.25, 0.3) is 0 Å². The van der Waals surface area contributed by atoms with Gasteiger partial charge < -0.3 is 5.32 Å². The van der Waals surface area contributed by atoms with Crippen molar-refractivity contribution in [3.63, 3.8) is 0 Å². The molecule has 0 aromatic heterocycles. The Hall–Kier alpha value is -2.27. The second-order valence-electron chi connectivity index (χ2n) is 4.80. The molecule has 0 amide bonds. The van der Waals surface area contributed by atoms with Gasteiger partial charge in [0.1, 0.15) is 5.82 Å².